The largest absolute Gasteiger partial charge is 0.271 e. The molecule has 0 radical (unpaired) electrons. The van der Waals surface area contributed by atoms with Crippen LogP contribution in [0.3, 0.4) is 0 Å². The summed E-state index contributed by atoms with van der Waals surface area (Å²) in [5, 5.41) is 0. The second kappa shape index (κ2) is 6.85. The lowest BCUT2D eigenvalue weighted by atomic mass is 9.99. The van der Waals surface area contributed by atoms with Gasteiger partial charge in [-0.25, -0.2) is 0 Å². The minimum Gasteiger partial charge on any atom is -0.271 e. The van der Waals surface area contributed by atoms with Gasteiger partial charge in [0.25, 0.3) is 0 Å². The van der Waals surface area contributed by atoms with Gasteiger partial charge in [-0.3, -0.25) is 11.3 Å². The van der Waals surface area contributed by atoms with Crippen LogP contribution in [0.15, 0.2) is 53.0 Å². The monoisotopic (exact) mass is 318 g/mol. The van der Waals surface area contributed by atoms with E-state index in [-0.39, 0.29) is 6.04 Å². The summed E-state index contributed by atoms with van der Waals surface area (Å²) in [6.07, 6.45) is 1.87. The van der Waals surface area contributed by atoms with Crippen LogP contribution in [0.4, 0.5) is 0 Å². The molecule has 2 nitrogen and oxygen atoms in total. The Morgan fingerprint density at radius 1 is 0.947 bits per heavy atom. The highest BCUT2D eigenvalue weighted by Crippen LogP contribution is 2.14. The quantitative estimate of drug-likeness (QED) is 0.655. The van der Waals surface area contributed by atoms with Crippen molar-refractivity contribution in [2.24, 2.45) is 5.84 Å². The fraction of sp³-hybridized carbons (Fsp3) is 0.250. The molecular weight excluding hydrogens is 300 g/mol. The van der Waals surface area contributed by atoms with E-state index in [2.05, 4.69) is 76.8 Å². The number of benzene rings is 2. The van der Waals surface area contributed by atoms with Gasteiger partial charge < -0.3 is 0 Å². The summed E-state index contributed by atoms with van der Waals surface area (Å²) in [5.74, 6) is 5.67. The predicted molar refractivity (Wildman–Crippen MR) is 83.8 cm³/mol. The van der Waals surface area contributed by atoms with Crippen LogP contribution in [0, 0.1) is 6.92 Å². The van der Waals surface area contributed by atoms with Crippen LogP contribution < -0.4 is 11.3 Å². The summed E-state index contributed by atoms with van der Waals surface area (Å²) in [6, 6.07) is 17.3. The molecule has 0 amide bonds. The summed E-state index contributed by atoms with van der Waals surface area (Å²) in [7, 11) is 0. The molecule has 0 fully saturated rings. The molecule has 0 spiro atoms. The molecule has 2 rings (SSSR count). The SMILES string of the molecule is Cc1ccc(CC(Cc2ccc(Br)cc2)NN)cc1. The molecule has 100 valence electrons. The molecule has 0 aliphatic carbocycles. The number of nitrogens with one attached hydrogen (secondary N) is 1. The molecular formula is C16H19BrN2. The zero-order valence-corrected chi connectivity index (χ0v) is 12.7. The first-order valence-electron chi connectivity index (χ1n) is 6.43. The molecule has 1 atom stereocenters. The van der Waals surface area contributed by atoms with Crippen molar-refractivity contribution in [1.29, 1.82) is 0 Å². The number of hydrogen-bond donors (Lipinski definition) is 2. The average Bonchev–Trinajstić information content (AvgIpc) is 2.43. The Kier molecular flexibility index (Phi) is 5.14. The molecule has 2 aromatic carbocycles. The standard InChI is InChI=1S/C16H19BrN2/c1-12-2-4-13(5-3-12)10-16(19-18)11-14-6-8-15(17)9-7-14/h2-9,16,19H,10-11,18H2,1H3. The Hall–Kier alpha value is -1.16. The summed E-state index contributed by atoms with van der Waals surface area (Å²) in [6.45, 7) is 2.10. The lowest BCUT2D eigenvalue weighted by Gasteiger charge is -2.16. The van der Waals surface area contributed by atoms with Gasteiger partial charge in [0.1, 0.15) is 0 Å². The first kappa shape index (κ1) is 14.3. The van der Waals surface area contributed by atoms with E-state index < -0.39 is 0 Å². The van der Waals surface area contributed by atoms with Gasteiger partial charge in [-0.1, -0.05) is 57.9 Å². The number of hydrazine groups is 1. The lowest BCUT2D eigenvalue weighted by Crippen LogP contribution is -2.38. The van der Waals surface area contributed by atoms with Gasteiger partial charge >= 0.3 is 0 Å². The maximum atomic E-state index is 5.67. The summed E-state index contributed by atoms with van der Waals surface area (Å²) in [5.41, 5.74) is 6.80. The van der Waals surface area contributed by atoms with Gasteiger partial charge in [0.05, 0.1) is 0 Å². The third-order valence-corrected chi connectivity index (χ3v) is 3.76. The van der Waals surface area contributed by atoms with Gasteiger partial charge in [-0.15, -0.1) is 0 Å². The number of halogens is 1. The van der Waals surface area contributed by atoms with E-state index in [0.717, 1.165) is 17.3 Å². The van der Waals surface area contributed by atoms with E-state index in [4.69, 9.17) is 5.84 Å². The zero-order valence-electron chi connectivity index (χ0n) is 11.1. The van der Waals surface area contributed by atoms with Gasteiger partial charge in [-0.05, 0) is 43.0 Å². The molecule has 3 heteroatoms. The Morgan fingerprint density at radius 3 is 1.89 bits per heavy atom. The number of rotatable bonds is 5. The molecule has 2 aromatic rings. The van der Waals surface area contributed by atoms with Crippen molar-refractivity contribution in [3.63, 3.8) is 0 Å². The third-order valence-electron chi connectivity index (χ3n) is 3.23. The number of aryl methyl sites for hydroxylation is 1. The molecule has 0 heterocycles. The summed E-state index contributed by atoms with van der Waals surface area (Å²) in [4.78, 5) is 0. The van der Waals surface area contributed by atoms with E-state index in [1.54, 1.807) is 0 Å². The van der Waals surface area contributed by atoms with Gasteiger partial charge in [0.15, 0.2) is 0 Å². The second-order valence-corrected chi connectivity index (χ2v) is 5.80. The Bertz CT molecular complexity index is 458. The lowest BCUT2D eigenvalue weighted by molar-refractivity contribution is 0.522. The van der Waals surface area contributed by atoms with Crippen molar-refractivity contribution < 1.29 is 0 Å². The maximum absolute atomic E-state index is 5.67. The van der Waals surface area contributed by atoms with Crippen molar-refractivity contribution in [1.82, 2.24) is 5.43 Å². The fourth-order valence-corrected chi connectivity index (χ4v) is 2.37. The first-order valence-corrected chi connectivity index (χ1v) is 7.23. The Balaban J connectivity index is 2.00. The fourth-order valence-electron chi connectivity index (χ4n) is 2.10. The molecule has 0 aliphatic heterocycles. The van der Waals surface area contributed by atoms with Crippen molar-refractivity contribution in [3.05, 3.63) is 69.7 Å². The van der Waals surface area contributed by atoms with Gasteiger partial charge in [-0.2, -0.15) is 0 Å². The maximum Gasteiger partial charge on any atom is 0.0291 e. The molecule has 0 saturated heterocycles. The smallest absolute Gasteiger partial charge is 0.0291 e. The molecule has 0 aromatic heterocycles. The number of hydrogen-bond acceptors (Lipinski definition) is 2. The minimum absolute atomic E-state index is 0.254. The number of nitrogens with two attached hydrogens (primary N) is 1. The predicted octanol–water partition coefficient (Wildman–Crippen LogP) is 3.37. The van der Waals surface area contributed by atoms with Gasteiger partial charge in [0, 0.05) is 10.5 Å². The molecule has 3 N–H and O–H groups in total. The highest BCUT2D eigenvalue weighted by atomic mass is 79.9. The van der Waals surface area contributed by atoms with Crippen LogP contribution in [-0.4, -0.2) is 6.04 Å². The summed E-state index contributed by atoms with van der Waals surface area (Å²) < 4.78 is 1.10. The van der Waals surface area contributed by atoms with Crippen LogP contribution in [-0.2, 0) is 12.8 Å². The Morgan fingerprint density at radius 2 is 1.42 bits per heavy atom. The second-order valence-electron chi connectivity index (χ2n) is 4.88. The van der Waals surface area contributed by atoms with Crippen molar-refractivity contribution in [2.45, 2.75) is 25.8 Å². The highest BCUT2D eigenvalue weighted by molar-refractivity contribution is 9.10. The molecule has 0 aliphatic rings. The molecule has 19 heavy (non-hydrogen) atoms. The molecule has 0 saturated carbocycles. The first-order chi connectivity index (χ1) is 9.17. The molecule has 0 bridgehead atoms. The highest BCUT2D eigenvalue weighted by Gasteiger charge is 2.08. The van der Waals surface area contributed by atoms with Crippen molar-refractivity contribution in [2.75, 3.05) is 0 Å². The third kappa shape index (κ3) is 4.46. The van der Waals surface area contributed by atoms with Crippen LogP contribution in [0.25, 0.3) is 0 Å². The van der Waals surface area contributed by atoms with E-state index in [9.17, 15) is 0 Å². The summed E-state index contributed by atoms with van der Waals surface area (Å²) >= 11 is 3.45. The minimum atomic E-state index is 0.254. The normalized spacial score (nSPS) is 12.4. The van der Waals surface area contributed by atoms with E-state index in [1.165, 1.54) is 16.7 Å². The van der Waals surface area contributed by atoms with Crippen molar-refractivity contribution in [3.8, 4) is 0 Å². The van der Waals surface area contributed by atoms with Crippen LogP contribution in [0.1, 0.15) is 16.7 Å². The van der Waals surface area contributed by atoms with Crippen molar-refractivity contribution >= 4 is 15.9 Å². The Labute approximate surface area is 123 Å². The topological polar surface area (TPSA) is 38.0 Å². The van der Waals surface area contributed by atoms with E-state index in [0.29, 0.717) is 0 Å². The zero-order chi connectivity index (χ0) is 13.7. The average molecular weight is 319 g/mol. The van der Waals surface area contributed by atoms with E-state index >= 15 is 0 Å². The van der Waals surface area contributed by atoms with Crippen LogP contribution >= 0.6 is 15.9 Å². The van der Waals surface area contributed by atoms with E-state index in [1.807, 2.05) is 0 Å². The van der Waals surface area contributed by atoms with Crippen LogP contribution in [0.5, 0.6) is 0 Å². The van der Waals surface area contributed by atoms with Crippen LogP contribution in [0.2, 0.25) is 0 Å². The molecule has 1 unspecified atom stereocenters. The van der Waals surface area contributed by atoms with Gasteiger partial charge in [0.2, 0.25) is 0 Å².